The van der Waals surface area contributed by atoms with E-state index in [0.717, 1.165) is 0 Å². The topological polar surface area (TPSA) is 63.2 Å². The minimum atomic E-state index is -0.663. The summed E-state index contributed by atoms with van der Waals surface area (Å²) in [6.07, 6.45) is -0.663. The molecule has 0 aliphatic rings. The fourth-order valence-electron chi connectivity index (χ4n) is 0.928. The van der Waals surface area contributed by atoms with Gasteiger partial charge >= 0.3 is 6.16 Å². The van der Waals surface area contributed by atoms with Crippen LogP contribution >= 0.6 is 0 Å². The Kier molecular flexibility index (Phi) is 12.6. The SMILES string of the molecule is CCOCCOCCOCCOC(=O)OCC. The summed E-state index contributed by atoms with van der Waals surface area (Å²) in [4.78, 5) is 10.7. The van der Waals surface area contributed by atoms with Gasteiger partial charge in [-0.15, -0.1) is 0 Å². The van der Waals surface area contributed by atoms with Crippen molar-refractivity contribution in [3.63, 3.8) is 0 Å². The van der Waals surface area contributed by atoms with Gasteiger partial charge in [0.25, 0.3) is 0 Å². The van der Waals surface area contributed by atoms with Crippen molar-refractivity contribution in [2.75, 3.05) is 52.9 Å². The minimum Gasteiger partial charge on any atom is -0.435 e. The molecule has 6 nitrogen and oxygen atoms in total. The van der Waals surface area contributed by atoms with Crippen molar-refractivity contribution in [3.05, 3.63) is 0 Å². The zero-order valence-electron chi connectivity index (χ0n) is 10.6. The van der Waals surface area contributed by atoms with Crippen LogP contribution in [0.1, 0.15) is 13.8 Å². The predicted octanol–water partition coefficient (Wildman–Crippen LogP) is 1.23. The second-order valence-electron chi connectivity index (χ2n) is 2.95. The summed E-state index contributed by atoms with van der Waals surface area (Å²) in [5, 5.41) is 0. The first kappa shape index (κ1) is 16.1. The molecule has 0 saturated heterocycles. The lowest BCUT2D eigenvalue weighted by molar-refractivity contribution is -0.00147. The third-order valence-corrected chi connectivity index (χ3v) is 1.66. The van der Waals surface area contributed by atoms with Crippen LogP contribution < -0.4 is 0 Å². The summed E-state index contributed by atoms with van der Waals surface area (Å²) in [7, 11) is 0. The van der Waals surface area contributed by atoms with E-state index >= 15 is 0 Å². The smallest absolute Gasteiger partial charge is 0.435 e. The average Bonchev–Trinajstić information content (AvgIpc) is 2.32. The van der Waals surface area contributed by atoms with E-state index in [2.05, 4.69) is 4.74 Å². The van der Waals surface area contributed by atoms with Gasteiger partial charge in [0.1, 0.15) is 6.61 Å². The fourth-order valence-corrected chi connectivity index (χ4v) is 0.928. The average molecular weight is 250 g/mol. The number of carbonyl (C=O) groups is 1. The highest BCUT2D eigenvalue weighted by atomic mass is 16.7. The minimum absolute atomic E-state index is 0.192. The molecule has 0 saturated carbocycles. The Bertz CT molecular complexity index is 173. The maximum atomic E-state index is 10.7. The van der Waals surface area contributed by atoms with Crippen LogP contribution in [0.4, 0.5) is 4.79 Å². The van der Waals surface area contributed by atoms with Gasteiger partial charge in [0.05, 0.1) is 39.6 Å². The van der Waals surface area contributed by atoms with E-state index in [1.54, 1.807) is 6.92 Å². The van der Waals surface area contributed by atoms with E-state index in [-0.39, 0.29) is 6.61 Å². The first-order valence-electron chi connectivity index (χ1n) is 5.84. The monoisotopic (exact) mass is 250 g/mol. The Hall–Kier alpha value is -0.850. The van der Waals surface area contributed by atoms with Gasteiger partial charge < -0.3 is 23.7 Å². The Labute approximate surface area is 102 Å². The Morgan fingerprint density at radius 2 is 1.24 bits per heavy atom. The molecule has 6 heteroatoms. The molecule has 0 heterocycles. The van der Waals surface area contributed by atoms with E-state index in [1.807, 2.05) is 6.92 Å². The summed E-state index contributed by atoms with van der Waals surface area (Å²) < 4.78 is 24.7. The first-order chi connectivity index (χ1) is 8.31. The van der Waals surface area contributed by atoms with Crippen LogP contribution in [-0.4, -0.2) is 59.0 Å². The van der Waals surface area contributed by atoms with Gasteiger partial charge in [0.15, 0.2) is 0 Å². The molecule has 0 atom stereocenters. The Balaban J connectivity index is 3.01. The number of rotatable bonds is 11. The van der Waals surface area contributed by atoms with E-state index in [1.165, 1.54) is 0 Å². The van der Waals surface area contributed by atoms with Crippen molar-refractivity contribution in [1.82, 2.24) is 0 Å². The molecule has 0 aromatic rings. The van der Waals surface area contributed by atoms with Crippen LogP contribution in [0.3, 0.4) is 0 Å². The second kappa shape index (κ2) is 13.2. The van der Waals surface area contributed by atoms with Gasteiger partial charge in [-0.3, -0.25) is 0 Å². The molecule has 0 aliphatic heterocycles. The van der Waals surface area contributed by atoms with Gasteiger partial charge in [-0.05, 0) is 13.8 Å². The van der Waals surface area contributed by atoms with Crippen molar-refractivity contribution < 1.29 is 28.5 Å². The van der Waals surface area contributed by atoms with Crippen LogP contribution in [0.15, 0.2) is 0 Å². The van der Waals surface area contributed by atoms with E-state index in [4.69, 9.17) is 18.9 Å². The molecule has 0 radical (unpaired) electrons. The largest absolute Gasteiger partial charge is 0.508 e. The van der Waals surface area contributed by atoms with Crippen LogP contribution in [0, 0.1) is 0 Å². The molecule has 0 bridgehead atoms. The molecule has 0 unspecified atom stereocenters. The number of hydrogen-bond acceptors (Lipinski definition) is 6. The summed E-state index contributed by atoms with van der Waals surface area (Å²) in [5.41, 5.74) is 0. The zero-order valence-corrected chi connectivity index (χ0v) is 10.6. The van der Waals surface area contributed by atoms with E-state index in [0.29, 0.717) is 46.2 Å². The lowest BCUT2D eigenvalue weighted by Crippen LogP contribution is -2.14. The molecule has 0 aliphatic carbocycles. The van der Waals surface area contributed by atoms with Crippen molar-refractivity contribution in [3.8, 4) is 0 Å². The number of carbonyl (C=O) groups excluding carboxylic acids is 1. The van der Waals surface area contributed by atoms with Crippen molar-refractivity contribution in [1.29, 1.82) is 0 Å². The van der Waals surface area contributed by atoms with E-state index in [9.17, 15) is 4.79 Å². The van der Waals surface area contributed by atoms with Crippen LogP contribution in [0.2, 0.25) is 0 Å². The highest BCUT2D eigenvalue weighted by Crippen LogP contribution is 1.86. The molecule has 17 heavy (non-hydrogen) atoms. The van der Waals surface area contributed by atoms with Gasteiger partial charge in [-0.1, -0.05) is 0 Å². The molecular formula is C11H22O6. The molecule has 102 valence electrons. The number of ether oxygens (including phenoxy) is 5. The van der Waals surface area contributed by atoms with Gasteiger partial charge in [-0.2, -0.15) is 0 Å². The standard InChI is InChI=1S/C11H22O6/c1-3-13-5-6-14-7-8-15-9-10-17-11(12)16-4-2/h3-10H2,1-2H3. The van der Waals surface area contributed by atoms with Crippen molar-refractivity contribution >= 4 is 6.16 Å². The van der Waals surface area contributed by atoms with Crippen LogP contribution in [-0.2, 0) is 23.7 Å². The molecule has 0 aromatic heterocycles. The molecular weight excluding hydrogens is 228 g/mol. The van der Waals surface area contributed by atoms with Crippen LogP contribution in [0.5, 0.6) is 0 Å². The molecule has 0 fully saturated rings. The van der Waals surface area contributed by atoms with Crippen molar-refractivity contribution in [2.45, 2.75) is 13.8 Å². The normalized spacial score (nSPS) is 10.2. The maximum Gasteiger partial charge on any atom is 0.508 e. The summed E-state index contributed by atoms with van der Waals surface area (Å²) in [6.45, 7) is 7.34. The fraction of sp³-hybridized carbons (Fsp3) is 0.909. The highest BCUT2D eigenvalue weighted by Gasteiger charge is 2.00. The highest BCUT2D eigenvalue weighted by molar-refractivity contribution is 5.59. The molecule has 0 amide bonds. The number of hydrogen-bond donors (Lipinski definition) is 0. The van der Waals surface area contributed by atoms with Crippen LogP contribution in [0.25, 0.3) is 0 Å². The Morgan fingerprint density at radius 1 is 0.706 bits per heavy atom. The van der Waals surface area contributed by atoms with E-state index < -0.39 is 6.16 Å². The third kappa shape index (κ3) is 13.1. The van der Waals surface area contributed by atoms with Crippen molar-refractivity contribution in [2.24, 2.45) is 0 Å². The predicted molar refractivity (Wildman–Crippen MR) is 61.1 cm³/mol. The molecule has 0 N–H and O–H groups in total. The van der Waals surface area contributed by atoms with Gasteiger partial charge in [0, 0.05) is 6.61 Å². The second-order valence-corrected chi connectivity index (χ2v) is 2.95. The Morgan fingerprint density at radius 3 is 1.76 bits per heavy atom. The zero-order chi connectivity index (χ0) is 12.8. The lowest BCUT2D eigenvalue weighted by atomic mass is 10.7. The van der Waals surface area contributed by atoms with Gasteiger partial charge in [-0.25, -0.2) is 4.79 Å². The quantitative estimate of drug-likeness (QED) is 0.406. The molecule has 0 spiro atoms. The first-order valence-corrected chi connectivity index (χ1v) is 5.84. The van der Waals surface area contributed by atoms with Gasteiger partial charge in [0.2, 0.25) is 0 Å². The molecule has 0 aromatic carbocycles. The lowest BCUT2D eigenvalue weighted by Gasteiger charge is -2.06. The third-order valence-electron chi connectivity index (χ3n) is 1.66. The summed E-state index contributed by atoms with van der Waals surface area (Å²) in [5.74, 6) is 0. The molecule has 0 rings (SSSR count). The maximum absolute atomic E-state index is 10.7. The summed E-state index contributed by atoms with van der Waals surface area (Å²) >= 11 is 0. The summed E-state index contributed by atoms with van der Waals surface area (Å²) in [6, 6.07) is 0.